The number of nitrogens with zero attached hydrogens (tertiary/aromatic N) is 3. The number of rotatable bonds is 4. The fraction of sp³-hybridized carbons (Fsp3) is 0.706. The molecule has 2 heterocycles. The molecule has 0 spiro atoms. The molecule has 21 heavy (non-hydrogen) atoms. The van der Waals surface area contributed by atoms with E-state index in [0.717, 1.165) is 24.7 Å². The maximum Gasteiger partial charge on any atom is 0.137 e. The molecule has 0 bridgehead atoms. The summed E-state index contributed by atoms with van der Waals surface area (Å²) in [5, 5.41) is 10.6. The molecular weight excluding hydrogens is 262 g/mol. The minimum atomic E-state index is -0.431. The number of allylic oxidation sites excluding steroid dienone is 2. The van der Waals surface area contributed by atoms with Gasteiger partial charge >= 0.3 is 0 Å². The predicted molar refractivity (Wildman–Crippen MR) is 83.8 cm³/mol. The van der Waals surface area contributed by atoms with Gasteiger partial charge < -0.3 is 14.6 Å². The summed E-state index contributed by atoms with van der Waals surface area (Å²) in [5.41, 5.74) is 0. The van der Waals surface area contributed by atoms with Gasteiger partial charge in [-0.1, -0.05) is 12.2 Å². The van der Waals surface area contributed by atoms with Crippen LogP contribution in [0, 0.1) is 11.8 Å². The van der Waals surface area contributed by atoms with Crippen molar-refractivity contribution < 1.29 is 5.11 Å². The normalized spacial score (nSPS) is 28.7. The van der Waals surface area contributed by atoms with E-state index >= 15 is 0 Å². The number of hydrogen-bond acceptors (Lipinski definition) is 3. The number of aromatic nitrogens is 2. The van der Waals surface area contributed by atoms with Gasteiger partial charge in [-0.25, -0.2) is 4.98 Å². The highest BCUT2D eigenvalue weighted by molar-refractivity contribution is 4.99. The molecule has 1 aromatic heterocycles. The Balaban J connectivity index is 1.57. The summed E-state index contributed by atoms with van der Waals surface area (Å²) in [4.78, 5) is 6.88. The van der Waals surface area contributed by atoms with Crippen LogP contribution in [0.15, 0.2) is 24.5 Å². The van der Waals surface area contributed by atoms with E-state index in [2.05, 4.69) is 22.0 Å². The fourth-order valence-electron chi connectivity index (χ4n) is 3.78. The molecule has 0 saturated carbocycles. The zero-order chi connectivity index (χ0) is 14.7. The van der Waals surface area contributed by atoms with Gasteiger partial charge in [-0.3, -0.25) is 0 Å². The van der Waals surface area contributed by atoms with Gasteiger partial charge in [0.05, 0.1) is 0 Å². The van der Waals surface area contributed by atoms with Crippen molar-refractivity contribution in [2.45, 2.75) is 38.2 Å². The molecule has 1 N–H and O–H groups in total. The standard InChI is InChI=1S/C17H27N3O/c1-19-11-9-18-17(19)16(21)15-8-5-10-20(13-15)12-14-6-3-2-4-7-14/h2-3,9,11,14-16,21H,4-8,10,12-13H2,1H3. The van der Waals surface area contributed by atoms with Crippen LogP contribution in [-0.4, -0.2) is 39.2 Å². The van der Waals surface area contributed by atoms with Gasteiger partial charge in [0, 0.05) is 38.4 Å². The molecule has 0 radical (unpaired) electrons. The molecular formula is C17H27N3O. The number of aliphatic hydroxyl groups is 1. The van der Waals surface area contributed by atoms with Gasteiger partial charge in [0.15, 0.2) is 0 Å². The first-order chi connectivity index (χ1) is 10.2. The average molecular weight is 289 g/mol. The minimum absolute atomic E-state index is 0.319. The zero-order valence-electron chi connectivity index (χ0n) is 13.0. The van der Waals surface area contributed by atoms with Gasteiger partial charge in [0.2, 0.25) is 0 Å². The molecule has 3 unspecified atom stereocenters. The minimum Gasteiger partial charge on any atom is -0.385 e. The molecule has 1 aliphatic carbocycles. The Bertz CT molecular complexity index is 482. The van der Waals surface area contributed by atoms with Crippen LogP contribution in [-0.2, 0) is 7.05 Å². The Hall–Kier alpha value is -1.13. The van der Waals surface area contributed by atoms with Crippen molar-refractivity contribution >= 4 is 0 Å². The zero-order valence-corrected chi connectivity index (χ0v) is 13.0. The molecule has 3 rings (SSSR count). The van der Waals surface area contributed by atoms with Crippen molar-refractivity contribution in [1.82, 2.24) is 14.5 Å². The second kappa shape index (κ2) is 6.75. The Kier molecular flexibility index (Phi) is 4.76. The maximum absolute atomic E-state index is 10.6. The van der Waals surface area contributed by atoms with Crippen LogP contribution in [0.25, 0.3) is 0 Å². The van der Waals surface area contributed by atoms with Gasteiger partial charge in [-0.15, -0.1) is 0 Å². The monoisotopic (exact) mass is 289 g/mol. The largest absolute Gasteiger partial charge is 0.385 e. The third-order valence-electron chi connectivity index (χ3n) is 5.01. The summed E-state index contributed by atoms with van der Waals surface area (Å²) in [7, 11) is 1.96. The van der Waals surface area contributed by atoms with E-state index in [4.69, 9.17) is 0 Å². The maximum atomic E-state index is 10.6. The summed E-state index contributed by atoms with van der Waals surface area (Å²) in [6.45, 7) is 3.38. The van der Waals surface area contributed by atoms with E-state index in [-0.39, 0.29) is 0 Å². The van der Waals surface area contributed by atoms with E-state index < -0.39 is 6.10 Å². The molecule has 1 aliphatic heterocycles. The van der Waals surface area contributed by atoms with Crippen LogP contribution in [0.1, 0.15) is 44.0 Å². The molecule has 1 fully saturated rings. The number of piperidine rings is 1. The number of aryl methyl sites for hydroxylation is 1. The van der Waals surface area contributed by atoms with Crippen molar-refractivity contribution in [3.05, 3.63) is 30.4 Å². The van der Waals surface area contributed by atoms with Crippen LogP contribution < -0.4 is 0 Å². The number of aliphatic hydroxyl groups excluding tert-OH is 1. The van der Waals surface area contributed by atoms with Crippen LogP contribution >= 0.6 is 0 Å². The molecule has 3 atom stereocenters. The lowest BCUT2D eigenvalue weighted by Crippen LogP contribution is -2.41. The summed E-state index contributed by atoms with van der Waals surface area (Å²) in [6, 6.07) is 0. The van der Waals surface area contributed by atoms with Crippen molar-refractivity contribution in [2.24, 2.45) is 18.9 Å². The fourth-order valence-corrected chi connectivity index (χ4v) is 3.78. The summed E-state index contributed by atoms with van der Waals surface area (Å²) in [6.07, 6.45) is 14.0. The molecule has 4 nitrogen and oxygen atoms in total. The van der Waals surface area contributed by atoms with Gasteiger partial charge in [0.1, 0.15) is 11.9 Å². The van der Waals surface area contributed by atoms with Crippen molar-refractivity contribution in [1.29, 1.82) is 0 Å². The highest BCUT2D eigenvalue weighted by Gasteiger charge is 2.29. The first-order valence-corrected chi connectivity index (χ1v) is 8.26. The highest BCUT2D eigenvalue weighted by atomic mass is 16.3. The number of likely N-dealkylation sites (tertiary alicyclic amines) is 1. The SMILES string of the molecule is Cn1ccnc1C(O)C1CCCN(CC2CC=CCC2)C1. The number of hydrogen-bond donors (Lipinski definition) is 1. The topological polar surface area (TPSA) is 41.3 Å². The highest BCUT2D eigenvalue weighted by Crippen LogP contribution is 2.30. The lowest BCUT2D eigenvalue weighted by atomic mass is 9.89. The van der Waals surface area contributed by atoms with Crippen molar-refractivity contribution in [3.8, 4) is 0 Å². The van der Waals surface area contributed by atoms with Crippen LogP contribution in [0.5, 0.6) is 0 Å². The van der Waals surface area contributed by atoms with Gasteiger partial charge in [-0.2, -0.15) is 0 Å². The van der Waals surface area contributed by atoms with E-state index in [1.807, 2.05) is 17.8 Å². The van der Waals surface area contributed by atoms with E-state index in [1.54, 1.807) is 6.20 Å². The molecule has 1 saturated heterocycles. The van der Waals surface area contributed by atoms with E-state index in [1.165, 1.54) is 38.8 Å². The Morgan fingerprint density at radius 2 is 2.29 bits per heavy atom. The van der Waals surface area contributed by atoms with Crippen molar-refractivity contribution in [2.75, 3.05) is 19.6 Å². The second-order valence-electron chi connectivity index (χ2n) is 6.65. The Labute approximate surface area is 127 Å². The van der Waals surface area contributed by atoms with Gasteiger partial charge in [-0.05, 0) is 44.6 Å². The predicted octanol–water partition coefficient (Wildman–Crippen LogP) is 2.52. The Morgan fingerprint density at radius 3 is 3.00 bits per heavy atom. The smallest absolute Gasteiger partial charge is 0.137 e. The van der Waals surface area contributed by atoms with Crippen LogP contribution in [0.4, 0.5) is 0 Å². The lowest BCUT2D eigenvalue weighted by molar-refractivity contribution is 0.0373. The summed E-state index contributed by atoms with van der Waals surface area (Å²) >= 11 is 0. The Morgan fingerprint density at radius 1 is 1.38 bits per heavy atom. The molecule has 0 aromatic carbocycles. The van der Waals surface area contributed by atoms with Crippen molar-refractivity contribution in [3.63, 3.8) is 0 Å². The molecule has 1 aromatic rings. The average Bonchev–Trinajstić information content (AvgIpc) is 2.94. The lowest BCUT2D eigenvalue weighted by Gasteiger charge is -2.37. The molecule has 116 valence electrons. The summed E-state index contributed by atoms with van der Waals surface area (Å²) < 4.78 is 1.94. The molecule has 2 aliphatic rings. The summed E-state index contributed by atoms with van der Waals surface area (Å²) in [5.74, 6) is 1.93. The number of imidazole rings is 1. The molecule has 0 amide bonds. The van der Waals surface area contributed by atoms with Gasteiger partial charge in [0.25, 0.3) is 0 Å². The second-order valence-corrected chi connectivity index (χ2v) is 6.65. The molecule has 4 heteroatoms. The van der Waals surface area contributed by atoms with E-state index in [0.29, 0.717) is 5.92 Å². The first kappa shape index (κ1) is 14.8. The quantitative estimate of drug-likeness (QED) is 0.866. The first-order valence-electron chi connectivity index (χ1n) is 8.26. The third kappa shape index (κ3) is 3.55. The van der Waals surface area contributed by atoms with Crippen LogP contribution in [0.3, 0.4) is 0 Å². The van der Waals surface area contributed by atoms with Crippen LogP contribution in [0.2, 0.25) is 0 Å². The third-order valence-corrected chi connectivity index (χ3v) is 5.01. The van der Waals surface area contributed by atoms with E-state index in [9.17, 15) is 5.11 Å².